The van der Waals surface area contributed by atoms with Gasteiger partial charge in [-0.25, -0.2) is 0 Å². The lowest BCUT2D eigenvalue weighted by molar-refractivity contribution is 0.0569. The molecule has 3 rings (SSSR count). The molecule has 94 valence electrons. The third-order valence-corrected chi connectivity index (χ3v) is 3.91. The minimum absolute atomic E-state index is 0.0834. The summed E-state index contributed by atoms with van der Waals surface area (Å²) in [7, 11) is 0. The number of amides is 2. The number of hydrogen-bond donors (Lipinski definition) is 1. The van der Waals surface area contributed by atoms with Crippen LogP contribution in [0.3, 0.4) is 0 Å². The van der Waals surface area contributed by atoms with E-state index in [9.17, 15) is 9.59 Å². The molecule has 0 spiro atoms. The first-order valence-corrected chi connectivity index (χ1v) is 6.40. The predicted octanol–water partition coefficient (Wildman–Crippen LogP) is 1.42. The Hall–Kier alpha value is -1.68. The molecule has 1 N–H and O–H groups in total. The molecule has 0 bridgehead atoms. The van der Waals surface area contributed by atoms with Crippen LogP contribution in [0.15, 0.2) is 24.3 Å². The highest BCUT2D eigenvalue weighted by atomic mass is 16.2. The summed E-state index contributed by atoms with van der Waals surface area (Å²) in [6.07, 6.45) is 2.13. The van der Waals surface area contributed by atoms with Crippen molar-refractivity contribution in [3.05, 3.63) is 35.4 Å². The molecule has 0 aromatic heterocycles. The first-order valence-electron chi connectivity index (χ1n) is 6.40. The van der Waals surface area contributed by atoms with Crippen molar-refractivity contribution in [3.8, 4) is 0 Å². The summed E-state index contributed by atoms with van der Waals surface area (Å²) in [5.74, 6) is -0.311. The summed E-state index contributed by atoms with van der Waals surface area (Å²) in [6, 6.07) is 7.19. The van der Waals surface area contributed by atoms with Gasteiger partial charge in [0.25, 0.3) is 11.8 Å². The smallest absolute Gasteiger partial charge is 0.261 e. The maximum atomic E-state index is 12.3. The maximum Gasteiger partial charge on any atom is 0.261 e. The van der Waals surface area contributed by atoms with Gasteiger partial charge in [0.15, 0.2) is 0 Å². The first kappa shape index (κ1) is 11.4. The summed E-state index contributed by atoms with van der Waals surface area (Å²) in [4.78, 5) is 26.0. The predicted molar refractivity (Wildman–Crippen MR) is 67.4 cm³/mol. The van der Waals surface area contributed by atoms with E-state index in [4.69, 9.17) is 0 Å². The average Bonchev–Trinajstić information content (AvgIpc) is 2.99. The molecular formula is C14H16N2O2. The fourth-order valence-corrected chi connectivity index (χ4v) is 2.88. The molecule has 2 atom stereocenters. The van der Waals surface area contributed by atoms with Crippen molar-refractivity contribution in [2.75, 3.05) is 6.54 Å². The zero-order chi connectivity index (χ0) is 12.7. The summed E-state index contributed by atoms with van der Waals surface area (Å²) >= 11 is 0. The van der Waals surface area contributed by atoms with Crippen molar-refractivity contribution in [1.82, 2.24) is 10.2 Å². The Kier molecular flexibility index (Phi) is 2.67. The van der Waals surface area contributed by atoms with Gasteiger partial charge in [-0.15, -0.1) is 0 Å². The van der Waals surface area contributed by atoms with Crippen molar-refractivity contribution >= 4 is 11.8 Å². The van der Waals surface area contributed by atoms with Gasteiger partial charge in [-0.3, -0.25) is 14.5 Å². The molecule has 0 aliphatic carbocycles. The van der Waals surface area contributed by atoms with Gasteiger partial charge in [0.2, 0.25) is 0 Å². The van der Waals surface area contributed by atoms with Crippen molar-refractivity contribution < 1.29 is 9.59 Å². The molecule has 1 aromatic carbocycles. The zero-order valence-corrected chi connectivity index (χ0v) is 10.3. The standard InChI is InChI=1S/C14H16N2O2/c1-9(12-7-4-8-15-12)16-13(17)10-5-2-3-6-11(10)14(16)18/h2-3,5-6,9,12,15H,4,7-8H2,1H3. The van der Waals surface area contributed by atoms with Gasteiger partial charge in [0.1, 0.15) is 0 Å². The molecule has 2 amide bonds. The molecule has 4 heteroatoms. The van der Waals surface area contributed by atoms with Gasteiger partial charge in [-0.1, -0.05) is 12.1 Å². The van der Waals surface area contributed by atoms with Gasteiger partial charge in [0.05, 0.1) is 17.2 Å². The second-order valence-corrected chi connectivity index (χ2v) is 4.97. The van der Waals surface area contributed by atoms with Gasteiger partial charge >= 0.3 is 0 Å². The van der Waals surface area contributed by atoms with Crippen LogP contribution >= 0.6 is 0 Å². The quantitative estimate of drug-likeness (QED) is 0.800. The number of carbonyl (C=O) groups excluding carboxylic acids is 2. The first-order chi connectivity index (χ1) is 8.70. The summed E-state index contributed by atoms with van der Waals surface area (Å²) in [5, 5.41) is 3.36. The molecule has 2 heterocycles. The Morgan fingerprint density at radius 3 is 2.33 bits per heavy atom. The number of hydrogen-bond acceptors (Lipinski definition) is 3. The van der Waals surface area contributed by atoms with Crippen LogP contribution in [0.5, 0.6) is 0 Å². The number of benzene rings is 1. The molecule has 1 saturated heterocycles. The van der Waals surface area contributed by atoms with Crippen LogP contribution < -0.4 is 5.32 Å². The van der Waals surface area contributed by atoms with Crippen LogP contribution in [0.1, 0.15) is 40.5 Å². The number of fused-ring (bicyclic) bond motifs is 1. The van der Waals surface area contributed by atoms with E-state index in [1.54, 1.807) is 24.3 Å². The van der Waals surface area contributed by atoms with Gasteiger partial charge in [-0.05, 0) is 38.4 Å². The van der Waals surface area contributed by atoms with E-state index in [1.807, 2.05) is 6.92 Å². The Morgan fingerprint density at radius 1 is 1.22 bits per heavy atom. The largest absolute Gasteiger partial charge is 0.312 e. The molecule has 2 aliphatic heterocycles. The Balaban J connectivity index is 1.91. The molecule has 4 nitrogen and oxygen atoms in total. The molecule has 2 unspecified atom stereocenters. The van der Waals surface area contributed by atoms with Crippen LogP contribution in [0, 0.1) is 0 Å². The van der Waals surface area contributed by atoms with E-state index >= 15 is 0 Å². The van der Waals surface area contributed by atoms with Crippen LogP contribution in [0.2, 0.25) is 0 Å². The number of imide groups is 1. The van der Waals surface area contributed by atoms with E-state index < -0.39 is 0 Å². The molecule has 2 aliphatic rings. The number of carbonyl (C=O) groups is 2. The fraction of sp³-hybridized carbons (Fsp3) is 0.429. The van der Waals surface area contributed by atoms with E-state index in [1.165, 1.54) is 4.90 Å². The van der Waals surface area contributed by atoms with E-state index in [0.29, 0.717) is 11.1 Å². The third kappa shape index (κ3) is 1.56. The Labute approximate surface area is 106 Å². The van der Waals surface area contributed by atoms with Crippen LogP contribution in [-0.2, 0) is 0 Å². The highest BCUT2D eigenvalue weighted by molar-refractivity contribution is 6.21. The van der Waals surface area contributed by atoms with Crippen molar-refractivity contribution in [3.63, 3.8) is 0 Å². The maximum absolute atomic E-state index is 12.3. The highest BCUT2D eigenvalue weighted by Gasteiger charge is 2.40. The van der Waals surface area contributed by atoms with Crippen molar-refractivity contribution in [1.29, 1.82) is 0 Å². The van der Waals surface area contributed by atoms with Crippen LogP contribution in [0.4, 0.5) is 0 Å². The molecular weight excluding hydrogens is 228 g/mol. The van der Waals surface area contributed by atoms with Gasteiger partial charge in [0, 0.05) is 6.04 Å². The second-order valence-electron chi connectivity index (χ2n) is 4.97. The molecule has 1 fully saturated rings. The number of nitrogens with one attached hydrogen (secondary N) is 1. The molecule has 0 saturated carbocycles. The summed E-state index contributed by atoms with van der Waals surface area (Å²) < 4.78 is 0. The lowest BCUT2D eigenvalue weighted by Gasteiger charge is -2.27. The van der Waals surface area contributed by atoms with E-state index in [0.717, 1.165) is 19.4 Å². The van der Waals surface area contributed by atoms with Crippen molar-refractivity contribution in [2.45, 2.75) is 31.8 Å². The lowest BCUT2D eigenvalue weighted by Crippen LogP contribution is -2.48. The summed E-state index contributed by atoms with van der Waals surface area (Å²) in [5.41, 5.74) is 1.07. The minimum atomic E-state index is -0.156. The van der Waals surface area contributed by atoms with E-state index in [2.05, 4.69) is 5.32 Å². The Bertz CT molecular complexity index is 471. The number of rotatable bonds is 2. The van der Waals surface area contributed by atoms with Gasteiger partial charge in [-0.2, -0.15) is 0 Å². The third-order valence-electron chi connectivity index (χ3n) is 3.91. The minimum Gasteiger partial charge on any atom is -0.312 e. The van der Waals surface area contributed by atoms with Crippen LogP contribution in [-0.4, -0.2) is 35.3 Å². The number of nitrogens with zero attached hydrogens (tertiary/aromatic N) is 1. The highest BCUT2D eigenvalue weighted by Crippen LogP contribution is 2.26. The monoisotopic (exact) mass is 244 g/mol. The summed E-state index contributed by atoms with van der Waals surface area (Å²) in [6.45, 7) is 2.92. The molecule has 1 aromatic rings. The van der Waals surface area contributed by atoms with Crippen molar-refractivity contribution in [2.24, 2.45) is 0 Å². The SMILES string of the molecule is CC(C1CCCN1)N1C(=O)c2ccccc2C1=O. The average molecular weight is 244 g/mol. The molecule has 18 heavy (non-hydrogen) atoms. The van der Waals surface area contributed by atoms with E-state index in [-0.39, 0.29) is 23.9 Å². The van der Waals surface area contributed by atoms with Gasteiger partial charge < -0.3 is 5.32 Å². The Morgan fingerprint density at radius 2 is 1.83 bits per heavy atom. The zero-order valence-electron chi connectivity index (χ0n) is 10.3. The molecule has 0 radical (unpaired) electrons. The topological polar surface area (TPSA) is 49.4 Å². The second kappa shape index (κ2) is 4.21. The normalized spacial score (nSPS) is 24.5. The fourth-order valence-electron chi connectivity index (χ4n) is 2.88. The lowest BCUT2D eigenvalue weighted by atomic mass is 10.1. The van der Waals surface area contributed by atoms with Crippen LogP contribution in [0.25, 0.3) is 0 Å².